The molecule has 2 N–H and O–H groups in total. The molecule has 0 aromatic rings. The topological polar surface area (TPSA) is 71.0 Å². The molecule has 6 heteroatoms. The third-order valence-electron chi connectivity index (χ3n) is 3.45. The van der Waals surface area contributed by atoms with Crippen molar-refractivity contribution in [3.8, 4) is 0 Å². The molecule has 6 nitrogen and oxygen atoms in total. The number of nitrogens with zero attached hydrogens (tertiary/aromatic N) is 1. The first-order chi connectivity index (χ1) is 8.70. The molecule has 1 amide bonds. The van der Waals surface area contributed by atoms with Crippen LogP contribution in [0.5, 0.6) is 0 Å². The lowest BCUT2D eigenvalue weighted by molar-refractivity contribution is -0.147. The highest BCUT2D eigenvalue weighted by Gasteiger charge is 2.30. The fourth-order valence-electron chi connectivity index (χ4n) is 2.35. The van der Waals surface area contributed by atoms with Gasteiger partial charge in [0.1, 0.15) is 0 Å². The minimum atomic E-state index is -0.249. The molecule has 0 saturated carbocycles. The number of morpholine rings is 2. The maximum Gasteiger partial charge on any atom is 0.224 e. The van der Waals surface area contributed by atoms with Crippen LogP contribution < -0.4 is 5.32 Å². The summed E-state index contributed by atoms with van der Waals surface area (Å²) >= 11 is 0. The molecule has 104 valence electrons. The van der Waals surface area contributed by atoms with Crippen molar-refractivity contribution in [2.75, 3.05) is 39.5 Å². The predicted octanol–water partition coefficient (Wildman–Crippen LogP) is -1.03. The summed E-state index contributed by atoms with van der Waals surface area (Å²) in [6, 6.07) is 0.179. The van der Waals surface area contributed by atoms with Crippen LogP contribution in [-0.2, 0) is 14.3 Å². The van der Waals surface area contributed by atoms with Gasteiger partial charge in [0.2, 0.25) is 5.91 Å². The molecule has 0 radical (unpaired) electrons. The van der Waals surface area contributed by atoms with Gasteiger partial charge in [-0.15, -0.1) is 0 Å². The molecule has 2 rings (SSSR count). The highest BCUT2D eigenvalue weighted by atomic mass is 16.5. The van der Waals surface area contributed by atoms with Gasteiger partial charge in [-0.2, -0.15) is 0 Å². The van der Waals surface area contributed by atoms with Crippen LogP contribution in [0.4, 0.5) is 0 Å². The van der Waals surface area contributed by atoms with Gasteiger partial charge in [0.15, 0.2) is 0 Å². The number of rotatable bonds is 3. The van der Waals surface area contributed by atoms with Crippen LogP contribution in [0.15, 0.2) is 0 Å². The maximum absolute atomic E-state index is 12.2. The second kappa shape index (κ2) is 6.47. The molecule has 0 spiro atoms. The first-order valence-electron chi connectivity index (χ1n) is 6.53. The Morgan fingerprint density at radius 1 is 1.50 bits per heavy atom. The highest BCUT2D eigenvalue weighted by molar-refractivity contribution is 5.77. The van der Waals surface area contributed by atoms with E-state index in [1.165, 1.54) is 0 Å². The van der Waals surface area contributed by atoms with Gasteiger partial charge < -0.3 is 24.8 Å². The highest BCUT2D eigenvalue weighted by Crippen LogP contribution is 2.14. The number of ether oxygens (including phenoxy) is 2. The summed E-state index contributed by atoms with van der Waals surface area (Å²) < 4.78 is 10.8. The Bertz CT molecular complexity index is 281. The number of aliphatic hydroxyl groups excluding tert-OH is 1. The van der Waals surface area contributed by atoms with E-state index >= 15 is 0 Å². The van der Waals surface area contributed by atoms with Crippen LogP contribution >= 0.6 is 0 Å². The second-order valence-electron chi connectivity index (χ2n) is 4.96. The van der Waals surface area contributed by atoms with Crippen LogP contribution in [0.1, 0.15) is 13.3 Å². The molecule has 0 bridgehead atoms. The summed E-state index contributed by atoms with van der Waals surface area (Å²) in [5.74, 6) is 0.104. The standard InChI is InChI=1S/C12H22N2O4/c1-9-7-18-11(6-15)5-14(9)12(16)4-10-8-17-3-2-13-10/h9-11,13,15H,2-8H2,1H3. The molecule has 0 aliphatic carbocycles. The van der Waals surface area contributed by atoms with E-state index < -0.39 is 0 Å². The zero-order chi connectivity index (χ0) is 13.0. The molecule has 2 aliphatic heterocycles. The van der Waals surface area contributed by atoms with E-state index in [0.29, 0.717) is 32.8 Å². The van der Waals surface area contributed by atoms with Crippen LogP contribution in [0.25, 0.3) is 0 Å². The lowest BCUT2D eigenvalue weighted by atomic mass is 10.1. The van der Waals surface area contributed by atoms with E-state index in [1.807, 2.05) is 6.92 Å². The molecule has 2 aliphatic rings. The smallest absolute Gasteiger partial charge is 0.224 e. The number of carbonyl (C=O) groups is 1. The predicted molar refractivity (Wildman–Crippen MR) is 65.2 cm³/mol. The Hall–Kier alpha value is -0.690. The van der Waals surface area contributed by atoms with Gasteiger partial charge in [-0.25, -0.2) is 0 Å². The molecule has 3 atom stereocenters. The van der Waals surface area contributed by atoms with E-state index in [4.69, 9.17) is 14.6 Å². The number of hydrogen-bond donors (Lipinski definition) is 2. The van der Waals surface area contributed by atoms with Crippen molar-refractivity contribution >= 4 is 5.91 Å². The maximum atomic E-state index is 12.2. The summed E-state index contributed by atoms with van der Waals surface area (Å²) in [6.45, 7) is 5.00. The average Bonchev–Trinajstić information content (AvgIpc) is 2.40. The van der Waals surface area contributed by atoms with Crippen molar-refractivity contribution in [2.24, 2.45) is 0 Å². The van der Waals surface area contributed by atoms with Crippen molar-refractivity contribution in [2.45, 2.75) is 31.5 Å². The first-order valence-corrected chi connectivity index (χ1v) is 6.53. The molecular formula is C12H22N2O4. The third kappa shape index (κ3) is 3.41. The molecule has 18 heavy (non-hydrogen) atoms. The minimum absolute atomic E-state index is 0.0404. The average molecular weight is 258 g/mol. The Morgan fingerprint density at radius 3 is 3.00 bits per heavy atom. The zero-order valence-electron chi connectivity index (χ0n) is 10.8. The Balaban J connectivity index is 1.85. The van der Waals surface area contributed by atoms with E-state index in [-0.39, 0.29) is 30.7 Å². The molecule has 3 unspecified atom stereocenters. The van der Waals surface area contributed by atoms with Gasteiger partial charge in [-0.05, 0) is 6.92 Å². The Labute approximate surface area is 107 Å². The van der Waals surface area contributed by atoms with E-state index in [0.717, 1.165) is 6.54 Å². The molecule has 2 fully saturated rings. The van der Waals surface area contributed by atoms with Crippen molar-refractivity contribution < 1.29 is 19.4 Å². The normalized spacial score (nSPS) is 33.4. The summed E-state index contributed by atoms with van der Waals surface area (Å²) in [5, 5.41) is 12.4. The Kier molecular flexibility index (Phi) is 4.94. The summed E-state index contributed by atoms with van der Waals surface area (Å²) in [6.07, 6.45) is 0.198. The number of carbonyl (C=O) groups excluding carboxylic acids is 1. The molecular weight excluding hydrogens is 236 g/mol. The van der Waals surface area contributed by atoms with Gasteiger partial charge >= 0.3 is 0 Å². The molecule has 0 aromatic carbocycles. The largest absolute Gasteiger partial charge is 0.394 e. The monoisotopic (exact) mass is 258 g/mol. The minimum Gasteiger partial charge on any atom is -0.394 e. The van der Waals surface area contributed by atoms with Gasteiger partial charge in [-0.1, -0.05) is 0 Å². The van der Waals surface area contributed by atoms with Gasteiger partial charge in [-0.3, -0.25) is 4.79 Å². The van der Waals surface area contributed by atoms with E-state index in [9.17, 15) is 4.79 Å². The third-order valence-corrected chi connectivity index (χ3v) is 3.45. The summed E-state index contributed by atoms with van der Waals surface area (Å²) in [4.78, 5) is 14.0. The lowest BCUT2D eigenvalue weighted by Gasteiger charge is -2.38. The quantitative estimate of drug-likeness (QED) is 0.677. The zero-order valence-corrected chi connectivity index (χ0v) is 10.8. The van der Waals surface area contributed by atoms with E-state index in [2.05, 4.69) is 5.32 Å². The van der Waals surface area contributed by atoms with Gasteiger partial charge in [0.05, 0.1) is 38.6 Å². The van der Waals surface area contributed by atoms with E-state index in [1.54, 1.807) is 4.90 Å². The Morgan fingerprint density at radius 2 is 2.33 bits per heavy atom. The number of aliphatic hydroxyl groups is 1. The number of nitrogens with one attached hydrogen (secondary N) is 1. The van der Waals surface area contributed by atoms with Crippen LogP contribution in [0, 0.1) is 0 Å². The molecule has 0 aromatic heterocycles. The number of amides is 1. The lowest BCUT2D eigenvalue weighted by Crippen LogP contribution is -2.54. The number of hydrogen-bond acceptors (Lipinski definition) is 5. The summed E-state index contributed by atoms with van der Waals surface area (Å²) in [5.41, 5.74) is 0. The first kappa shape index (κ1) is 13.7. The van der Waals surface area contributed by atoms with Crippen LogP contribution in [0.2, 0.25) is 0 Å². The van der Waals surface area contributed by atoms with Crippen LogP contribution in [-0.4, -0.2) is 73.6 Å². The second-order valence-corrected chi connectivity index (χ2v) is 4.96. The molecule has 2 heterocycles. The fraction of sp³-hybridized carbons (Fsp3) is 0.917. The van der Waals surface area contributed by atoms with Gasteiger partial charge in [0, 0.05) is 25.6 Å². The van der Waals surface area contributed by atoms with Crippen LogP contribution in [0.3, 0.4) is 0 Å². The van der Waals surface area contributed by atoms with Crippen molar-refractivity contribution in [3.63, 3.8) is 0 Å². The van der Waals surface area contributed by atoms with Crippen molar-refractivity contribution in [3.05, 3.63) is 0 Å². The fourth-order valence-corrected chi connectivity index (χ4v) is 2.35. The van der Waals surface area contributed by atoms with Crippen molar-refractivity contribution in [1.82, 2.24) is 10.2 Å². The molecule has 2 saturated heterocycles. The SMILES string of the molecule is CC1COC(CO)CN1C(=O)CC1COCCN1. The van der Waals surface area contributed by atoms with Gasteiger partial charge in [0.25, 0.3) is 0 Å². The van der Waals surface area contributed by atoms with Crippen molar-refractivity contribution in [1.29, 1.82) is 0 Å². The summed E-state index contributed by atoms with van der Waals surface area (Å²) in [7, 11) is 0.